The average molecular weight is 444 g/mol. The Bertz CT molecular complexity index is 1680. The molecule has 3 aromatic heterocycles. The molecule has 0 saturated heterocycles. The van der Waals surface area contributed by atoms with Crippen molar-refractivity contribution in [2.24, 2.45) is 0 Å². The number of anilines is 1. The van der Waals surface area contributed by atoms with E-state index in [9.17, 15) is 0 Å². The minimum absolute atomic E-state index is 0.536. The molecule has 8 bridgehead atoms. The highest BCUT2D eigenvalue weighted by Gasteiger charge is 2.16. The van der Waals surface area contributed by atoms with Crippen molar-refractivity contribution in [1.29, 1.82) is 0 Å². The summed E-state index contributed by atoms with van der Waals surface area (Å²) in [7, 11) is 0. The summed E-state index contributed by atoms with van der Waals surface area (Å²) >= 11 is 0. The van der Waals surface area contributed by atoms with Crippen molar-refractivity contribution >= 4 is 27.6 Å². The maximum absolute atomic E-state index is 6.03. The van der Waals surface area contributed by atoms with E-state index in [1.807, 2.05) is 42.7 Å². The van der Waals surface area contributed by atoms with Crippen LogP contribution in [0.5, 0.6) is 5.75 Å². The van der Waals surface area contributed by atoms with Crippen molar-refractivity contribution in [3.8, 4) is 39.5 Å². The SMILES string of the molecule is c1cc2cc(c1)-c1cccc3[nH]c(nc13)-c1n[nH]c3ccc(cc13)-c1cncc(c1)NCCO2. The van der Waals surface area contributed by atoms with Gasteiger partial charge in [0.25, 0.3) is 0 Å². The number of imidazole rings is 1. The van der Waals surface area contributed by atoms with Gasteiger partial charge in [-0.25, -0.2) is 4.98 Å². The Hall–Kier alpha value is -4.65. The minimum Gasteiger partial charge on any atom is -0.492 e. The van der Waals surface area contributed by atoms with Gasteiger partial charge in [-0.1, -0.05) is 30.3 Å². The van der Waals surface area contributed by atoms with E-state index in [1.54, 1.807) is 0 Å². The molecule has 0 saturated carbocycles. The van der Waals surface area contributed by atoms with Crippen molar-refractivity contribution in [2.75, 3.05) is 18.5 Å². The van der Waals surface area contributed by atoms with Crippen LogP contribution >= 0.6 is 0 Å². The molecule has 34 heavy (non-hydrogen) atoms. The van der Waals surface area contributed by atoms with Crippen molar-refractivity contribution < 1.29 is 4.74 Å². The van der Waals surface area contributed by atoms with E-state index in [4.69, 9.17) is 9.72 Å². The molecular weight excluding hydrogens is 424 g/mol. The highest BCUT2D eigenvalue weighted by molar-refractivity contribution is 5.98. The van der Waals surface area contributed by atoms with Crippen LogP contribution in [0.25, 0.3) is 55.7 Å². The molecule has 0 aliphatic carbocycles. The van der Waals surface area contributed by atoms with Gasteiger partial charge < -0.3 is 15.0 Å². The van der Waals surface area contributed by atoms with E-state index in [1.165, 1.54) is 0 Å². The summed E-state index contributed by atoms with van der Waals surface area (Å²) in [4.78, 5) is 12.9. The standard InChI is InChI=1S/C27H20N6O/c1-3-17-12-20(4-1)34-10-9-29-19-11-18(14-28-15-19)16-7-8-23-22(13-16)26(33-32-23)27-30-24-6-2-5-21(17)25(24)31-27/h1-8,11-15,29H,9-10H2,(H,30,31)(H,32,33). The summed E-state index contributed by atoms with van der Waals surface area (Å²) in [5.41, 5.74) is 8.77. The molecule has 0 radical (unpaired) electrons. The molecule has 164 valence electrons. The summed E-state index contributed by atoms with van der Waals surface area (Å²) in [6.07, 6.45) is 3.70. The number of benzene rings is 3. The smallest absolute Gasteiger partial charge is 0.159 e. The number of para-hydroxylation sites is 1. The van der Waals surface area contributed by atoms with Gasteiger partial charge in [-0.15, -0.1) is 0 Å². The van der Waals surface area contributed by atoms with Crippen molar-refractivity contribution in [1.82, 2.24) is 25.1 Å². The van der Waals surface area contributed by atoms with E-state index in [0.29, 0.717) is 13.2 Å². The fourth-order valence-corrected chi connectivity index (χ4v) is 4.56. The third-order valence-electron chi connectivity index (χ3n) is 6.22. The van der Waals surface area contributed by atoms with Crippen LogP contribution in [0.2, 0.25) is 0 Å². The number of rotatable bonds is 0. The van der Waals surface area contributed by atoms with Crippen LogP contribution in [0.1, 0.15) is 0 Å². The van der Waals surface area contributed by atoms with Gasteiger partial charge in [-0.2, -0.15) is 5.10 Å². The fraction of sp³-hybridized carbons (Fsp3) is 0.0741. The molecule has 7 nitrogen and oxygen atoms in total. The summed E-state index contributed by atoms with van der Waals surface area (Å²) in [5, 5.41) is 12.2. The third kappa shape index (κ3) is 3.09. The Morgan fingerprint density at radius 2 is 1.79 bits per heavy atom. The summed E-state index contributed by atoms with van der Waals surface area (Å²) in [5.74, 6) is 1.55. The second-order valence-electron chi connectivity index (χ2n) is 8.39. The van der Waals surface area contributed by atoms with Gasteiger partial charge in [0, 0.05) is 35.5 Å². The molecule has 7 heteroatoms. The molecule has 6 aromatic rings. The molecule has 4 heterocycles. The van der Waals surface area contributed by atoms with E-state index in [2.05, 4.69) is 61.9 Å². The molecule has 0 amide bonds. The molecule has 1 aliphatic heterocycles. The molecule has 0 fully saturated rings. The number of fused-ring (bicyclic) bond motifs is 9. The highest BCUT2D eigenvalue weighted by Crippen LogP contribution is 2.34. The molecular formula is C27H20N6O. The average Bonchev–Trinajstić information content (AvgIpc) is 3.50. The lowest BCUT2D eigenvalue weighted by molar-refractivity contribution is 0.333. The zero-order chi connectivity index (χ0) is 22.5. The molecule has 3 N–H and O–H groups in total. The Labute approximate surface area is 194 Å². The van der Waals surface area contributed by atoms with Crippen LogP contribution in [0, 0.1) is 0 Å². The number of H-pyrrole nitrogens is 2. The number of ether oxygens (including phenoxy) is 1. The lowest BCUT2D eigenvalue weighted by Gasteiger charge is -2.11. The van der Waals surface area contributed by atoms with Gasteiger partial charge in [0.1, 0.15) is 18.1 Å². The van der Waals surface area contributed by atoms with Crippen molar-refractivity contribution in [2.45, 2.75) is 0 Å². The number of pyridine rings is 1. The number of hydrogen-bond donors (Lipinski definition) is 3. The molecule has 0 atom stereocenters. The molecule has 7 rings (SSSR count). The first kappa shape index (κ1) is 18.9. The summed E-state index contributed by atoms with van der Waals surface area (Å²) in [6.45, 7) is 1.20. The lowest BCUT2D eigenvalue weighted by Crippen LogP contribution is -2.11. The van der Waals surface area contributed by atoms with Gasteiger partial charge in [-0.3, -0.25) is 10.1 Å². The second-order valence-corrected chi connectivity index (χ2v) is 8.39. The van der Waals surface area contributed by atoms with E-state index >= 15 is 0 Å². The number of nitrogens with one attached hydrogen (secondary N) is 3. The first-order valence-electron chi connectivity index (χ1n) is 11.2. The maximum atomic E-state index is 6.03. The molecule has 0 unspecified atom stereocenters. The van der Waals surface area contributed by atoms with Gasteiger partial charge in [0.2, 0.25) is 0 Å². The van der Waals surface area contributed by atoms with Crippen molar-refractivity contribution in [3.63, 3.8) is 0 Å². The van der Waals surface area contributed by atoms with Crippen LogP contribution < -0.4 is 10.1 Å². The van der Waals surface area contributed by atoms with Crippen LogP contribution in [-0.4, -0.2) is 38.3 Å². The van der Waals surface area contributed by atoms with Gasteiger partial charge >= 0.3 is 0 Å². The Kier molecular flexibility index (Phi) is 4.14. The number of hydrogen-bond acceptors (Lipinski definition) is 5. The van der Waals surface area contributed by atoms with Gasteiger partial charge in [-0.05, 0) is 47.5 Å². The Morgan fingerprint density at radius 1 is 0.824 bits per heavy atom. The lowest BCUT2D eigenvalue weighted by atomic mass is 10.0. The third-order valence-corrected chi connectivity index (χ3v) is 6.22. The van der Waals surface area contributed by atoms with Crippen LogP contribution in [-0.2, 0) is 0 Å². The van der Waals surface area contributed by atoms with Gasteiger partial charge in [0.15, 0.2) is 5.82 Å². The quantitative estimate of drug-likeness (QED) is 0.282. The van der Waals surface area contributed by atoms with E-state index in [0.717, 1.165) is 67.1 Å². The van der Waals surface area contributed by atoms with Gasteiger partial charge in [0.05, 0.1) is 22.2 Å². The second kappa shape index (κ2) is 7.45. The topological polar surface area (TPSA) is 91.5 Å². The Balaban J connectivity index is 1.47. The molecule has 3 aromatic carbocycles. The molecule has 1 aliphatic rings. The maximum Gasteiger partial charge on any atom is 0.159 e. The fourth-order valence-electron chi connectivity index (χ4n) is 4.56. The highest BCUT2D eigenvalue weighted by atomic mass is 16.5. The number of aromatic nitrogens is 5. The van der Waals surface area contributed by atoms with Crippen LogP contribution in [0.15, 0.2) is 79.1 Å². The number of nitrogens with zero attached hydrogens (tertiary/aromatic N) is 3. The first-order chi connectivity index (χ1) is 16.8. The number of aromatic amines is 2. The predicted molar refractivity (Wildman–Crippen MR) is 134 cm³/mol. The predicted octanol–water partition coefficient (Wildman–Crippen LogP) is 5.64. The van der Waals surface area contributed by atoms with Crippen molar-refractivity contribution in [3.05, 3.63) is 79.1 Å². The Morgan fingerprint density at radius 3 is 2.79 bits per heavy atom. The van der Waals surface area contributed by atoms with Crippen LogP contribution in [0.4, 0.5) is 5.69 Å². The molecule has 0 spiro atoms. The first-order valence-corrected chi connectivity index (χ1v) is 11.2. The normalized spacial score (nSPS) is 12.9. The zero-order valence-electron chi connectivity index (χ0n) is 18.2. The van der Waals surface area contributed by atoms with E-state index in [-0.39, 0.29) is 0 Å². The zero-order valence-corrected chi connectivity index (χ0v) is 18.2. The monoisotopic (exact) mass is 444 g/mol. The van der Waals surface area contributed by atoms with Crippen LogP contribution in [0.3, 0.4) is 0 Å². The summed E-state index contributed by atoms with van der Waals surface area (Å²) in [6, 6.07) is 22.7. The largest absolute Gasteiger partial charge is 0.492 e. The minimum atomic E-state index is 0.536. The summed E-state index contributed by atoms with van der Waals surface area (Å²) < 4.78 is 6.03. The van der Waals surface area contributed by atoms with E-state index < -0.39 is 0 Å².